The summed E-state index contributed by atoms with van der Waals surface area (Å²) in [5, 5.41) is 7.92. The molecule has 1 aliphatic carbocycles. The van der Waals surface area contributed by atoms with E-state index in [9.17, 15) is 4.79 Å². The van der Waals surface area contributed by atoms with E-state index in [4.69, 9.17) is 4.74 Å². The van der Waals surface area contributed by atoms with Crippen LogP contribution >= 0.6 is 11.3 Å². The molecule has 2 aromatic heterocycles. The van der Waals surface area contributed by atoms with Gasteiger partial charge in [0, 0.05) is 24.7 Å². The number of fused-ring (bicyclic) bond motifs is 1. The van der Waals surface area contributed by atoms with Gasteiger partial charge >= 0.3 is 0 Å². The summed E-state index contributed by atoms with van der Waals surface area (Å²) in [5.41, 5.74) is 2.11. The van der Waals surface area contributed by atoms with Crippen molar-refractivity contribution in [3.8, 4) is 0 Å². The molecule has 0 saturated carbocycles. The first-order valence-electron chi connectivity index (χ1n) is 8.11. The number of thiazole rings is 1. The summed E-state index contributed by atoms with van der Waals surface area (Å²) >= 11 is 1.62. The molecule has 7 heteroatoms. The summed E-state index contributed by atoms with van der Waals surface area (Å²) < 4.78 is 7.57. The van der Waals surface area contributed by atoms with Crippen LogP contribution in [0.15, 0.2) is 12.3 Å². The fourth-order valence-corrected chi connectivity index (χ4v) is 4.47. The minimum Gasteiger partial charge on any atom is -0.371 e. The summed E-state index contributed by atoms with van der Waals surface area (Å²) in [6.45, 7) is 0.600. The lowest BCUT2D eigenvalue weighted by Crippen LogP contribution is -2.26. The molecule has 122 valence electrons. The van der Waals surface area contributed by atoms with Crippen LogP contribution in [-0.2, 0) is 29.4 Å². The topological polar surface area (TPSA) is 69.0 Å². The minimum absolute atomic E-state index is 0.000188. The van der Waals surface area contributed by atoms with Gasteiger partial charge in [0.05, 0.1) is 17.3 Å². The van der Waals surface area contributed by atoms with Crippen molar-refractivity contribution in [1.82, 2.24) is 14.8 Å². The summed E-state index contributed by atoms with van der Waals surface area (Å²) in [4.78, 5) is 18.6. The van der Waals surface area contributed by atoms with Gasteiger partial charge in [0.1, 0.15) is 6.10 Å². The maximum absolute atomic E-state index is 12.7. The normalized spacial score (nSPS) is 23.7. The molecule has 0 radical (unpaired) electrons. The van der Waals surface area contributed by atoms with Crippen LogP contribution in [0.5, 0.6) is 0 Å². The Morgan fingerprint density at radius 1 is 1.43 bits per heavy atom. The van der Waals surface area contributed by atoms with Crippen LogP contribution in [0.4, 0.5) is 5.13 Å². The molecule has 23 heavy (non-hydrogen) atoms. The van der Waals surface area contributed by atoms with Gasteiger partial charge < -0.3 is 10.1 Å². The Balaban J connectivity index is 1.50. The van der Waals surface area contributed by atoms with Crippen LogP contribution in [0.25, 0.3) is 0 Å². The predicted molar refractivity (Wildman–Crippen MR) is 87.4 cm³/mol. The predicted octanol–water partition coefficient (Wildman–Crippen LogP) is 2.47. The van der Waals surface area contributed by atoms with Gasteiger partial charge in [-0.15, -0.1) is 11.3 Å². The molecule has 0 spiro atoms. The third-order valence-corrected chi connectivity index (χ3v) is 5.73. The number of rotatable bonds is 3. The number of aromatic nitrogens is 3. The first-order chi connectivity index (χ1) is 11.2. The maximum atomic E-state index is 12.7. The first kappa shape index (κ1) is 14.8. The highest BCUT2D eigenvalue weighted by molar-refractivity contribution is 7.15. The standard InChI is InChI=1S/C16H20N4O2S/c1-20-12(6-8-17-20)14-10(7-9-22-14)15(21)19-16-18-11-4-2-3-5-13(11)23-16/h6,8,10,14H,2-5,7,9H2,1H3,(H,18,19,21)/t10-,14-/m1/s1. The zero-order valence-corrected chi connectivity index (χ0v) is 13.9. The number of nitrogens with one attached hydrogen (secondary N) is 1. The number of carbonyl (C=O) groups is 1. The Labute approximate surface area is 138 Å². The lowest BCUT2D eigenvalue weighted by atomic mass is 9.98. The number of carbonyl (C=O) groups excluding carboxylic acids is 1. The lowest BCUT2D eigenvalue weighted by Gasteiger charge is -2.17. The van der Waals surface area contributed by atoms with E-state index in [0.717, 1.165) is 30.1 Å². The SMILES string of the molecule is Cn1nccc1[C@@H]1OCC[C@H]1C(=O)Nc1nc2c(s1)CCCC2. The summed E-state index contributed by atoms with van der Waals surface area (Å²) in [6, 6.07) is 1.92. The molecule has 0 bridgehead atoms. The van der Waals surface area contributed by atoms with Crippen LogP contribution in [0, 0.1) is 5.92 Å². The van der Waals surface area contributed by atoms with Crippen molar-refractivity contribution in [1.29, 1.82) is 0 Å². The van der Waals surface area contributed by atoms with Gasteiger partial charge in [-0.3, -0.25) is 9.48 Å². The van der Waals surface area contributed by atoms with Gasteiger partial charge in [-0.05, 0) is 38.2 Å². The van der Waals surface area contributed by atoms with Crippen molar-refractivity contribution in [2.45, 2.75) is 38.2 Å². The molecule has 0 aromatic carbocycles. The smallest absolute Gasteiger partial charge is 0.232 e. The minimum atomic E-state index is -0.225. The highest BCUT2D eigenvalue weighted by Gasteiger charge is 2.37. The van der Waals surface area contributed by atoms with E-state index in [-0.39, 0.29) is 17.9 Å². The number of hydrogen-bond donors (Lipinski definition) is 1. The quantitative estimate of drug-likeness (QED) is 0.937. The van der Waals surface area contributed by atoms with E-state index in [0.29, 0.717) is 6.61 Å². The van der Waals surface area contributed by atoms with Crippen LogP contribution in [0.2, 0.25) is 0 Å². The third-order valence-electron chi connectivity index (χ3n) is 4.65. The molecule has 2 aliphatic rings. The van der Waals surface area contributed by atoms with Gasteiger partial charge in [0.25, 0.3) is 0 Å². The zero-order chi connectivity index (χ0) is 15.8. The summed E-state index contributed by atoms with van der Waals surface area (Å²) in [5.74, 6) is -0.189. The molecule has 2 atom stereocenters. The monoisotopic (exact) mass is 332 g/mol. The largest absolute Gasteiger partial charge is 0.371 e. The number of amides is 1. The molecular formula is C16H20N4O2S. The third kappa shape index (κ3) is 2.79. The van der Waals surface area contributed by atoms with Crippen molar-refractivity contribution >= 4 is 22.4 Å². The van der Waals surface area contributed by atoms with Crippen molar-refractivity contribution in [2.75, 3.05) is 11.9 Å². The van der Waals surface area contributed by atoms with Crippen molar-refractivity contribution in [2.24, 2.45) is 13.0 Å². The second-order valence-electron chi connectivity index (χ2n) is 6.15. The van der Waals surface area contributed by atoms with E-state index in [1.807, 2.05) is 13.1 Å². The zero-order valence-electron chi connectivity index (χ0n) is 13.1. The number of nitrogens with zero attached hydrogens (tertiary/aromatic N) is 3. The summed E-state index contributed by atoms with van der Waals surface area (Å²) in [6.07, 6.45) is 6.79. The Hall–Kier alpha value is -1.73. The van der Waals surface area contributed by atoms with Gasteiger partial charge in [-0.2, -0.15) is 5.10 Å². The molecular weight excluding hydrogens is 312 g/mol. The fourth-order valence-electron chi connectivity index (χ4n) is 3.42. The van der Waals surface area contributed by atoms with E-state index < -0.39 is 0 Å². The van der Waals surface area contributed by atoms with Gasteiger partial charge in [0.15, 0.2) is 5.13 Å². The van der Waals surface area contributed by atoms with Crippen molar-refractivity contribution < 1.29 is 9.53 Å². The average Bonchev–Trinajstić information content (AvgIpc) is 3.24. The second kappa shape index (κ2) is 6.05. The van der Waals surface area contributed by atoms with Crippen LogP contribution < -0.4 is 5.32 Å². The van der Waals surface area contributed by atoms with Gasteiger partial charge in [-0.1, -0.05) is 0 Å². The maximum Gasteiger partial charge on any atom is 0.232 e. The highest BCUT2D eigenvalue weighted by Crippen LogP contribution is 2.36. The molecule has 1 N–H and O–H groups in total. The van der Waals surface area contributed by atoms with E-state index in [2.05, 4.69) is 15.4 Å². The van der Waals surface area contributed by atoms with Crippen LogP contribution in [-0.4, -0.2) is 27.3 Å². The molecule has 2 aromatic rings. The fraction of sp³-hybridized carbons (Fsp3) is 0.562. The molecule has 1 fully saturated rings. The van der Waals surface area contributed by atoms with E-state index >= 15 is 0 Å². The number of anilines is 1. The molecule has 3 heterocycles. The van der Waals surface area contributed by atoms with Gasteiger partial charge in [-0.25, -0.2) is 4.98 Å². The average molecular weight is 332 g/mol. The van der Waals surface area contributed by atoms with Gasteiger partial charge in [0.2, 0.25) is 5.91 Å². The molecule has 4 rings (SSSR count). The van der Waals surface area contributed by atoms with Crippen LogP contribution in [0.3, 0.4) is 0 Å². The lowest BCUT2D eigenvalue weighted by molar-refractivity contribution is -0.121. The Bertz CT molecular complexity index is 700. The van der Waals surface area contributed by atoms with Crippen molar-refractivity contribution in [3.63, 3.8) is 0 Å². The Morgan fingerprint density at radius 2 is 2.30 bits per heavy atom. The molecule has 1 saturated heterocycles. The summed E-state index contributed by atoms with van der Waals surface area (Å²) in [7, 11) is 1.88. The van der Waals surface area contributed by atoms with Crippen LogP contribution in [0.1, 0.15) is 41.6 Å². The number of aryl methyl sites for hydroxylation is 3. The number of ether oxygens (including phenoxy) is 1. The van der Waals surface area contributed by atoms with Crippen molar-refractivity contribution in [3.05, 3.63) is 28.5 Å². The first-order valence-corrected chi connectivity index (χ1v) is 8.93. The molecule has 0 unspecified atom stereocenters. The van der Waals surface area contributed by atoms with E-state index in [1.165, 1.54) is 23.4 Å². The Kier molecular flexibility index (Phi) is 3.90. The highest BCUT2D eigenvalue weighted by atomic mass is 32.1. The second-order valence-corrected chi connectivity index (χ2v) is 7.24. The number of hydrogen-bond acceptors (Lipinski definition) is 5. The molecule has 6 nitrogen and oxygen atoms in total. The molecule has 1 amide bonds. The Morgan fingerprint density at radius 3 is 3.09 bits per heavy atom. The molecule has 1 aliphatic heterocycles. The van der Waals surface area contributed by atoms with E-state index in [1.54, 1.807) is 22.2 Å².